The molecule has 0 saturated heterocycles. The minimum Gasteiger partial charge on any atom is -0.341 e. The number of benzene rings is 6. The topological polar surface area (TPSA) is 130 Å². The summed E-state index contributed by atoms with van der Waals surface area (Å²) in [6.45, 7) is 23.0. The molecule has 0 bridgehead atoms. The van der Waals surface area contributed by atoms with Crippen molar-refractivity contribution in [2.45, 2.75) is 96.3 Å². The van der Waals surface area contributed by atoms with Gasteiger partial charge in [-0.15, -0.1) is 0 Å². The zero-order valence-corrected chi connectivity index (χ0v) is 41.4. The Hall–Kier alpha value is -8.66. The molecule has 0 fully saturated rings. The van der Waals surface area contributed by atoms with E-state index in [9.17, 15) is 26.3 Å². The van der Waals surface area contributed by atoms with Crippen molar-refractivity contribution >= 4 is 45.2 Å². The first-order chi connectivity index (χ1) is 34.3. The summed E-state index contributed by atoms with van der Waals surface area (Å²) < 4.78 is 0. The molecule has 0 aromatic heterocycles. The molecule has 0 heterocycles. The smallest absolute Gasteiger partial charge is 0.268 e. The standard InChI is InChI=1S/C63H56N8/c1-8-10-32-70(50-24-20-46(21-25-50)54(38-66)44-14-12-43(13-15-44)49(36-64)37-65)52-28-30-56-58(34-52)63(41-61(56,3)4)42-62(5,6)57-31-29-53(35-59(57)63)71(33-11-9-2)51-26-22-47(23-27-51)55(39-67)45-16-18-48(19-17-45)60(40-68)69-7/h12-31,34-35H,8-11,32-33,41-42H2,1-6H3. The number of anilines is 4. The summed E-state index contributed by atoms with van der Waals surface area (Å²) in [6, 6.07) is 55.5. The Balaban J connectivity index is 1.18. The van der Waals surface area contributed by atoms with Gasteiger partial charge in [0.1, 0.15) is 29.8 Å². The Kier molecular flexibility index (Phi) is 13.8. The molecule has 1 spiro atoms. The Bertz CT molecular complexity index is 3270. The largest absolute Gasteiger partial charge is 0.341 e. The van der Waals surface area contributed by atoms with Gasteiger partial charge in [-0.2, -0.15) is 21.0 Å². The molecule has 2 aliphatic carbocycles. The summed E-state index contributed by atoms with van der Waals surface area (Å²) in [5.41, 5.74) is 12.3. The minimum absolute atomic E-state index is 0.0221. The molecule has 8 heteroatoms. The third-order valence-electron chi connectivity index (χ3n) is 14.6. The second kappa shape index (κ2) is 20.1. The van der Waals surface area contributed by atoms with Crippen molar-refractivity contribution in [2.75, 3.05) is 22.9 Å². The summed E-state index contributed by atoms with van der Waals surface area (Å²) in [6.07, 6.45) is 6.08. The van der Waals surface area contributed by atoms with E-state index in [4.69, 9.17) is 6.57 Å². The lowest BCUT2D eigenvalue weighted by molar-refractivity contribution is 0.349. The first kappa shape index (κ1) is 48.8. The van der Waals surface area contributed by atoms with Gasteiger partial charge in [0.2, 0.25) is 0 Å². The van der Waals surface area contributed by atoms with Gasteiger partial charge in [0.05, 0.1) is 23.8 Å². The van der Waals surface area contributed by atoms with E-state index < -0.39 is 0 Å². The van der Waals surface area contributed by atoms with Crippen LogP contribution in [0.2, 0.25) is 0 Å². The van der Waals surface area contributed by atoms with Crippen LogP contribution >= 0.6 is 0 Å². The predicted molar refractivity (Wildman–Crippen MR) is 284 cm³/mol. The van der Waals surface area contributed by atoms with E-state index >= 15 is 0 Å². The van der Waals surface area contributed by atoms with Crippen molar-refractivity contribution in [2.24, 2.45) is 0 Å². The third kappa shape index (κ3) is 9.19. The molecular formula is C63H56N8. The average molecular weight is 925 g/mol. The number of nitriles is 5. The van der Waals surface area contributed by atoms with Crippen molar-refractivity contribution in [3.63, 3.8) is 0 Å². The highest BCUT2D eigenvalue weighted by molar-refractivity contribution is 5.80. The lowest BCUT2D eigenvalue weighted by Crippen LogP contribution is -2.27. The highest BCUT2D eigenvalue weighted by Gasteiger charge is 2.56. The first-order valence-electron chi connectivity index (χ1n) is 24.4. The van der Waals surface area contributed by atoms with Crippen LogP contribution in [0, 0.1) is 63.2 Å². The zero-order chi connectivity index (χ0) is 50.5. The molecule has 6 aromatic rings. The maximum atomic E-state index is 10.3. The van der Waals surface area contributed by atoms with Gasteiger partial charge in [0, 0.05) is 46.5 Å². The summed E-state index contributed by atoms with van der Waals surface area (Å²) >= 11 is 0. The van der Waals surface area contributed by atoms with Crippen molar-refractivity contribution < 1.29 is 0 Å². The Morgan fingerprint density at radius 3 is 1.21 bits per heavy atom. The Morgan fingerprint density at radius 2 is 0.859 bits per heavy atom. The molecule has 0 N–H and O–H groups in total. The van der Waals surface area contributed by atoms with Crippen LogP contribution in [0.3, 0.4) is 0 Å². The van der Waals surface area contributed by atoms with Gasteiger partial charge in [-0.1, -0.05) is 139 Å². The fourth-order valence-electron chi connectivity index (χ4n) is 11.2. The van der Waals surface area contributed by atoms with Crippen LogP contribution in [0.5, 0.6) is 0 Å². The molecule has 8 nitrogen and oxygen atoms in total. The normalized spacial score (nSPS) is 15.3. The van der Waals surface area contributed by atoms with Crippen molar-refractivity contribution in [1.82, 2.24) is 0 Å². The van der Waals surface area contributed by atoms with Crippen LogP contribution in [0.15, 0.2) is 133 Å². The number of hydrogen-bond donors (Lipinski definition) is 0. The molecule has 0 aliphatic heterocycles. The minimum atomic E-state index is -0.220. The highest BCUT2D eigenvalue weighted by atomic mass is 15.1. The van der Waals surface area contributed by atoms with Gasteiger partial charge in [0.25, 0.3) is 5.70 Å². The van der Waals surface area contributed by atoms with E-state index in [1.807, 2.05) is 42.5 Å². The Labute approximate surface area is 418 Å². The van der Waals surface area contributed by atoms with Crippen LogP contribution in [0.1, 0.15) is 113 Å². The molecule has 0 amide bonds. The lowest BCUT2D eigenvalue weighted by Gasteiger charge is -2.32. The summed E-state index contributed by atoms with van der Waals surface area (Å²) in [5.74, 6) is 0. The predicted octanol–water partition coefficient (Wildman–Crippen LogP) is 11.4. The number of fused-ring (bicyclic) bond motifs is 4. The monoisotopic (exact) mass is 924 g/mol. The van der Waals surface area contributed by atoms with Gasteiger partial charge < -0.3 is 9.80 Å². The fraction of sp³-hybridized carbons (Fsp3) is 0.270. The van der Waals surface area contributed by atoms with E-state index in [2.05, 4.69) is 129 Å². The molecule has 0 saturated carbocycles. The number of rotatable bonds is 12. The summed E-state index contributed by atoms with van der Waals surface area (Å²) in [4.78, 5) is 8.17. The molecule has 1 unspecified atom stereocenters. The van der Waals surface area contributed by atoms with E-state index in [0.29, 0.717) is 21.6 Å². The molecule has 0 radical (unpaired) electrons. The number of hydrogen-bond acceptors (Lipinski definition) is 7. The maximum absolute atomic E-state index is 10.3. The first-order valence-corrected chi connectivity index (χ1v) is 24.4. The SMILES string of the molecule is [C-]#[N+]C(C#N)=c1ccc(=C(C#N)c2ccc(N(CCCC)c3ccc4c(c3)C3(CC(C)(C)c5ccc(N(CCCC)c6ccc(C(C#N)=c7ccc(=C(C#N)C#N)cc7)cc6)cc53)CC4(C)C)cc2)cc1. The molecular weight excluding hydrogens is 869 g/mol. The molecule has 6 aromatic carbocycles. The second-order valence-electron chi connectivity index (χ2n) is 20.1. The van der Waals surface area contributed by atoms with Crippen molar-refractivity contribution in [1.29, 1.82) is 26.3 Å². The van der Waals surface area contributed by atoms with Crippen molar-refractivity contribution in [3.8, 4) is 30.3 Å². The molecule has 8 rings (SSSR count). The average Bonchev–Trinajstić information content (AvgIpc) is 3.75. The summed E-state index contributed by atoms with van der Waals surface area (Å²) in [7, 11) is 0. The van der Waals surface area contributed by atoms with Gasteiger partial charge in [-0.25, -0.2) is 10.1 Å². The van der Waals surface area contributed by atoms with Crippen LogP contribution in [0.4, 0.5) is 22.7 Å². The quantitative estimate of drug-likeness (QED) is 0.112. The van der Waals surface area contributed by atoms with E-state index in [1.165, 1.54) is 22.3 Å². The van der Waals surface area contributed by atoms with Crippen LogP contribution < -0.4 is 30.7 Å². The second-order valence-corrected chi connectivity index (χ2v) is 20.1. The molecule has 2 aliphatic rings. The molecule has 1 atom stereocenters. The Morgan fingerprint density at radius 1 is 0.479 bits per heavy atom. The van der Waals surface area contributed by atoms with Gasteiger partial charge in [-0.3, -0.25) is 0 Å². The number of unbranched alkanes of at least 4 members (excludes halogenated alkanes) is 2. The fourth-order valence-corrected chi connectivity index (χ4v) is 11.2. The van der Waals surface area contributed by atoms with E-state index in [0.717, 1.165) is 95.9 Å². The van der Waals surface area contributed by atoms with E-state index in [1.54, 1.807) is 48.5 Å². The third-order valence-corrected chi connectivity index (χ3v) is 14.6. The van der Waals surface area contributed by atoms with Gasteiger partial charge in [-0.05, 0) is 134 Å². The zero-order valence-electron chi connectivity index (χ0n) is 41.4. The summed E-state index contributed by atoms with van der Waals surface area (Å²) in [5, 5.41) is 51.2. The number of nitrogens with zero attached hydrogens (tertiary/aromatic N) is 8. The molecule has 71 heavy (non-hydrogen) atoms. The maximum Gasteiger partial charge on any atom is 0.268 e. The van der Waals surface area contributed by atoms with Crippen LogP contribution in [-0.4, -0.2) is 13.1 Å². The lowest BCUT2D eigenvalue weighted by atomic mass is 9.72. The van der Waals surface area contributed by atoms with Crippen LogP contribution in [0.25, 0.3) is 27.3 Å². The van der Waals surface area contributed by atoms with Crippen molar-refractivity contribution in [3.05, 3.63) is 199 Å². The van der Waals surface area contributed by atoms with Gasteiger partial charge >= 0.3 is 0 Å². The van der Waals surface area contributed by atoms with Crippen LogP contribution in [-0.2, 0) is 16.2 Å². The highest BCUT2D eigenvalue weighted by Crippen LogP contribution is 2.63. The molecule has 348 valence electrons. The van der Waals surface area contributed by atoms with Gasteiger partial charge in [0.15, 0.2) is 0 Å². The van der Waals surface area contributed by atoms with E-state index in [-0.39, 0.29) is 27.5 Å².